The molecule has 108 valence electrons. The lowest BCUT2D eigenvalue weighted by Gasteiger charge is -2.15. The first-order chi connectivity index (χ1) is 9.69. The molecule has 5 nitrogen and oxygen atoms in total. The summed E-state index contributed by atoms with van der Waals surface area (Å²) in [5.41, 5.74) is 0.632. The van der Waals surface area contributed by atoms with Crippen molar-refractivity contribution in [1.82, 2.24) is 4.98 Å². The van der Waals surface area contributed by atoms with E-state index in [1.807, 2.05) is 6.08 Å². The summed E-state index contributed by atoms with van der Waals surface area (Å²) in [5, 5.41) is 5.14. The largest absolute Gasteiger partial charge is 0.466 e. The molecule has 0 spiro atoms. The summed E-state index contributed by atoms with van der Waals surface area (Å²) in [6, 6.07) is 0. The van der Waals surface area contributed by atoms with Crippen LogP contribution in [0.4, 0.5) is 5.13 Å². The van der Waals surface area contributed by atoms with Gasteiger partial charge in [-0.05, 0) is 26.2 Å². The van der Waals surface area contributed by atoms with Gasteiger partial charge in [-0.25, -0.2) is 4.98 Å². The molecule has 2 rings (SSSR count). The minimum absolute atomic E-state index is 0.00591. The van der Waals surface area contributed by atoms with Crippen LogP contribution in [0.3, 0.4) is 0 Å². The Bertz CT molecular complexity index is 510. The van der Waals surface area contributed by atoms with Crippen LogP contribution in [0.2, 0.25) is 0 Å². The second-order valence-corrected chi connectivity index (χ2v) is 5.45. The van der Waals surface area contributed by atoms with E-state index in [4.69, 9.17) is 4.74 Å². The fourth-order valence-corrected chi connectivity index (χ4v) is 2.76. The van der Waals surface area contributed by atoms with E-state index in [2.05, 4.69) is 16.4 Å². The minimum atomic E-state index is -0.298. The average Bonchev–Trinajstić information content (AvgIpc) is 2.87. The van der Waals surface area contributed by atoms with Crippen molar-refractivity contribution in [3.05, 3.63) is 23.2 Å². The molecule has 1 atom stereocenters. The van der Waals surface area contributed by atoms with Crippen LogP contribution < -0.4 is 5.32 Å². The van der Waals surface area contributed by atoms with Gasteiger partial charge in [0.15, 0.2) is 5.13 Å². The molecule has 1 aromatic heterocycles. The van der Waals surface area contributed by atoms with Crippen LogP contribution in [0.1, 0.15) is 31.9 Å². The Balaban J connectivity index is 1.87. The van der Waals surface area contributed by atoms with Crippen molar-refractivity contribution in [2.45, 2.75) is 32.6 Å². The Hall–Kier alpha value is -1.69. The first-order valence-corrected chi connectivity index (χ1v) is 7.63. The molecule has 1 aliphatic carbocycles. The monoisotopic (exact) mass is 294 g/mol. The molecular weight excluding hydrogens is 276 g/mol. The standard InChI is InChI=1S/C14H18N2O3S/c1-2-19-12(17)8-11-9-20-14(15-11)16-13(18)10-6-4-3-5-7-10/h3-4,9-10H,2,5-8H2,1H3,(H,15,16,18). The maximum Gasteiger partial charge on any atom is 0.311 e. The molecule has 0 saturated carbocycles. The van der Waals surface area contributed by atoms with Crippen LogP contribution in [0, 0.1) is 5.92 Å². The van der Waals surface area contributed by atoms with Crippen LogP contribution in [0.5, 0.6) is 0 Å². The van der Waals surface area contributed by atoms with Crippen molar-refractivity contribution < 1.29 is 14.3 Å². The van der Waals surface area contributed by atoms with Gasteiger partial charge in [0.05, 0.1) is 18.7 Å². The Labute approximate surface area is 122 Å². The lowest BCUT2D eigenvalue weighted by molar-refractivity contribution is -0.142. The Morgan fingerprint density at radius 1 is 1.50 bits per heavy atom. The number of nitrogens with zero attached hydrogens (tertiary/aromatic N) is 1. The number of ether oxygens (including phenoxy) is 1. The van der Waals surface area contributed by atoms with Crippen molar-refractivity contribution in [3.8, 4) is 0 Å². The molecule has 20 heavy (non-hydrogen) atoms. The minimum Gasteiger partial charge on any atom is -0.466 e. The first kappa shape index (κ1) is 14.7. The van der Waals surface area contributed by atoms with Gasteiger partial charge < -0.3 is 10.1 Å². The fourth-order valence-electron chi connectivity index (χ4n) is 2.04. The summed E-state index contributed by atoms with van der Waals surface area (Å²) >= 11 is 1.33. The van der Waals surface area contributed by atoms with Crippen LogP contribution in [0.25, 0.3) is 0 Å². The number of nitrogens with one attached hydrogen (secondary N) is 1. The summed E-state index contributed by atoms with van der Waals surface area (Å²) in [4.78, 5) is 27.6. The van der Waals surface area contributed by atoms with Crippen molar-refractivity contribution in [1.29, 1.82) is 0 Å². The Morgan fingerprint density at radius 2 is 2.35 bits per heavy atom. The molecule has 1 aromatic rings. The third kappa shape index (κ3) is 4.16. The summed E-state index contributed by atoms with van der Waals surface area (Å²) < 4.78 is 4.86. The molecule has 0 aliphatic heterocycles. The highest BCUT2D eigenvalue weighted by Crippen LogP contribution is 2.22. The molecule has 6 heteroatoms. The number of carbonyl (C=O) groups excluding carboxylic acids is 2. The van der Waals surface area contributed by atoms with Gasteiger partial charge in [0.1, 0.15) is 0 Å². The summed E-state index contributed by atoms with van der Waals surface area (Å²) in [7, 11) is 0. The number of carbonyl (C=O) groups is 2. The summed E-state index contributed by atoms with van der Waals surface area (Å²) in [6.07, 6.45) is 6.90. The van der Waals surface area contributed by atoms with Crippen LogP contribution in [0.15, 0.2) is 17.5 Å². The number of aromatic nitrogens is 1. The quantitative estimate of drug-likeness (QED) is 0.669. The van der Waals surface area contributed by atoms with Gasteiger partial charge in [-0.3, -0.25) is 9.59 Å². The molecule has 0 aromatic carbocycles. The molecule has 1 aliphatic rings. The lowest BCUT2D eigenvalue weighted by atomic mass is 9.94. The van der Waals surface area contributed by atoms with Gasteiger partial charge in [-0.2, -0.15) is 0 Å². The molecule has 0 saturated heterocycles. The third-order valence-corrected chi connectivity index (χ3v) is 3.86. The highest BCUT2D eigenvalue weighted by molar-refractivity contribution is 7.13. The smallest absolute Gasteiger partial charge is 0.311 e. The van der Waals surface area contributed by atoms with E-state index in [0.717, 1.165) is 19.3 Å². The van der Waals surface area contributed by atoms with Gasteiger partial charge in [0.25, 0.3) is 0 Å². The van der Waals surface area contributed by atoms with E-state index >= 15 is 0 Å². The maximum atomic E-state index is 12.0. The molecule has 0 bridgehead atoms. The van der Waals surface area contributed by atoms with Crippen LogP contribution in [-0.2, 0) is 20.7 Å². The van der Waals surface area contributed by atoms with E-state index < -0.39 is 0 Å². The molecular formula is C14H18N2O3S. The van der Waals surface area contributed by atoms with E-state index in [-0.39, 0.29) is 24.2 Å². The van der Waals surface area contributed by atoms with Gasteiger partial charge in [-0.15, -0.1) is 11.3 Å². The van der Waals surface area contributed by atoms with E-state index in [9.17, 15) is 9.59 Å². The zero-order valence-corrected chi connectivity index (χ0v) is 12.2. The zero-order valence-electron chi connectivity index (χ0n) is 11.4. The number of esters is 1. The number of amides is 1. The predicted octanol–water partition coefficient (Wildman–Crippen LogP) is 2.54. The van der Waals surface area contributed by atoms with Gasteiger partial charge in [0.2, 0.25) is 5.91 Å². The van der Waals surface area contributed by atoms with E-state index in [1.165, 1.54) is 11.3 Å². The van der Waals surface area contributed by atoms with E-state index in [0.29, 0.717) is 17.4 Å². The Kier molecular flexibility index (Phi) is 5.29. The fraction of sp³-hybridized carbons (Fsp3) is 0.500. The SMILES string of the molecule is CCOC(=O)Cc1csc(NC(=O)C2CC=CCC2)n1. The lowest BCUT2D eigenvalue weighted by Crippen LogP contribution is -2.23. The molecule has 1 N–H and O–H groups in total. The molecule has 0 fully saturated rings. The number of hydrogen-bond acceptors (Lipinski definition) is 5. The highest BCUT2D eigenvalue weighted by Gasteiger charge is 2.19. The van der Waals surface area contributed by atoms with Crippen molar-refractivity contribution in [2.75, 3.05) is 11.9 Å². The first-order valence-electron chi connectivity index (χ1n) is 6.75. The number of anilines is 1. The van der Waals surface area contributed by atoms with Gasteiger partial charge in [0, 0.05) is 11.3 Å². The topological polar surface area (TPSA) is 68.3 Å². The second kappa shape index (κ2) is 7.19. The summed E-state index contributed by atoms with van der Waals surface area (Å²) in [6.45, 7) is 2.13. The molecule has 1 amide bonds. The normalized spacial score (nSPS) is 17.8. The van der Waals surface area contributed by atoms with Crippen LogP contribution >= 0.6 is 11.3 Å². The number of hydrogen-bond donors (Lipinski definition) is 1. The third-order valence-electron chi connectivity index (χ3n) is 3.05. The predicted molar refractivity (Wildman–Crippen MR) is 77.6 cm³/mol. The van der Waals surface area contributed by atoms with Crippen molar-refractivity contribution in [2.24, 2.45) is 5.92 Å². The van der Waals surface area contributed by atoms with Crippen molar-refractivity contribution in [3.63, 3.8) is 0 Å². The highest BCUT2D eigenvalue weighted by atomic mass is 32.1. The number of allylic oxidation sites excluding steroid dienone is 2. The van der Waals surface area contributed by atoms with Crippen LogP contribution in [-0.4, -0.2) is 23.5 Å². The van der Waals surface area contributed by atoms with Gasteiger partial charge in [-0.1, -0.05) is 12.2 Å². The second-order valence-electron chi connectivity index (χ2n) is 4.60. The average molecular weight is 294 g/mol. The summed E-state index contributed by atoms with van der Waals surface area (Å²) in [5.74, 6) is -0.267. The molecule has 1 unspecified atom stereocenters. The molecule has 0 radical (unpaired) electrons. The van der Waals surface area contributed by atoms with Gasteiger partial charge >= 0.3 is 5.97 Å². The Morgan fingerprint density at radius 3 is 3.05 bits per heavy atom. The molecule has 1 heterocycles. The van der Waals surface area contributed by atoms with E-state index in [1.54, 1.807) is 12.3 Å². The maximum absolute atomic E-state index is 12.0. The number of rotatable bonds is 5. The zero-order chi connectivity index (χ0) is 14.4. The van der Waals surface area contributed by atoms with Crippen molar-refractivity contribution >= 4 is 28.3 Å². The number of thiazole rings is 1.